The van der Waals surface area contributed by atoms with Crippen molar-refractivity contribution in [2.75, 3.05) is 5.73 Å². The van der Waals surface area contributed by atoms with Gasteiger partial charge in [-0.05, 0) is 12.1 Å². The average Bonchev–Trinajstić information content (AvgIpc) is 2.05. The molecule has 0 fully saturated rings. The van der Waals surface area contributed by atoms with Crippen molar-refractivity contribution < 1.29 is 26.3 Å². The van der Waals surface area contributed by atoms with Crippen molar-refractivity contribution in [3.63, 3.8) is 0 Å². The molecule has 0 aliphatic rings. The summed E-state index contributed by atoms with van der Waals surface area (Å²) in [6.07, 6.45) is -5.07. The maximum absolute atomic E-state index is 12.1. The fourth-order valence-corrected chi connectivity index (χ4v) is 2.61. The molecule has 2 N–H and O–H groups in total. The number of nitrogens with two attached hydrogens (primary N) is 1. The van der Waals surface area contributed by atoms with E-state index in [4.69, 9.17) is 16.4 Å². The first-order valence-corrected chi connectivity index (χ1v) is 6.90. The summed E-state index contributed by atoms with van der Waals surface area (Å²) in [6.45, 7) is 0. The summed E-state index contributed by atoms with van der Waals surface area (Å²) >= 11 is 2.88. The first kappa shape index (κ1) is 14.4. The number of benzene rings is 1. The maximum Gasteiger partial charge on any atom is 0.573 e. The number of hydrogen-bond acceptors (Lipinski definition) is 4. The smallest absolute Gasteiger partial charge is 0.402 e. The van der Waals surface area contributed by atoms with Gasteiger partial charge in [0.25, 0.3) is 9.05 Å². The summed E-state index contributed by atoms with van der Waals surface area (Å²) in [5, 5.41) is 0. The molecule has 0 aliphatic heterocycles. The topological polar surface area (TPSA) is 69.4 Å². The van der Waals surface area contributed by atoms with Crippen molar-refractivity contribution in [2.45, 2.75) is 11.3 Å². The van der Waals surface area contributed by atoms with Gasteiger partial charge in [0.05, 0.1) is 5.69 Å². The van der Waals surface area contributed by atoms with Gasteiger partial charge in [-0.1, -0.05) is 15.9 Å². The largest absolute Gasteiger partial charge is 0.573 e. The second-order valence-corrected chi connectivity index (χ2v) is 6.26. The molecule has 0 heterocycles. The van der Waals surface area contributed by atoms with Gasteiger partial charge in [0.15, 0.2) is 5.75 Å². The Kier molecular flexibility index (Phi) is 3.84. The molecule has 0 saturated heterocycles. The van der Waals surface area contributed by atoms with E-state index in [1.54, 1.807) is 0 Å². The van der Waals surface area contributed by atoms with Gasteiger partial charge in [-0.15, -0.1) is 13.2 Å². The van der Waals surface area contributed by atoms with Crippen LogP contribution in [0.15, 0.2) is 21.5 Å². The third-order valence-electron chi connectivity index (χ3n) is 1.53. The SMILES string of the molecule is Nc1cc(Br)cc(S(=O)(=O)Cl)c1OC(F)(F)F. The zero-order valence-electron chi connectivity index (χ0n) is 7.75. The molecule has 0 saturated carbocycles. The Morgan fingerprint density at radius 2 is 1.88 bits per heavy atom. The molecular formula is C7H4BrClF3NO3S. The molecular weight excluding hydrogens is 350 g/mol. The average molecular weight is 355 g/mol. The van der Waals surface area contributed by atoms with E-state index in [9.17, 15) is 21.6 Å². The second kappa shape index (κ2) is 4.54. The zero-order valence-corrected chi connectivity index (χ0v) is 10.9. The van der Waals surface area contributed by atoms with Crippen molar-refractivity contribution in [3.8, 4) is 5.75 Å². The van der Waals surface area contributed by atoms with Crippen LogP contribution in [0.2, 0.25) is 0 Å². The fraction of sp³-hybridized carbons (Fsp3) is 0.143. The highest BCUT2D eigenvalue weighted by Crippen LogP contribution is 2.38. The summed E-state index contributed by atoms with van der Waals surface area (Å²) in [5.41, 5.74) is 4.74. The van der Waals surface area contributed by atoms with Crippen LogP contribution in [-0.4, -0.2) is 14.8 Å². The van der Waals surface area contributed by atoms with Crippen LogP contribution >= 0.6 is 26.6 Å². The summed E-state index contributed by atoms with van der Waals surface area (Å²) < 4.78 is 62.1. The first-order valence-electron chi connectivity index (χ1n) is 3.80. The number of alkyl halides is 3. The molecule has 0 aliphatic carbocycles. The monoisotopic (exact) mass is 353 g/mol. The molecule has 0 bridgehead atoms. The lowest BCUT2D eigenvalue weighted by Crippen LogP contribution is -2.19. The third-order valence-corrected chi connectivity index (χ3v) is 3.31. The minimum atomic E-state index is -5.07. The molecule has 1 aromatic carbocycles. The van der Waals surface area contributed by atoms with Crippen LogP contribution in [-0.2, 0) is 9.05 Å². The third kappa shape index (κ3) is 3.93. The van der Waals surface area contributed by atoms with E-state index in [0.717, 1.165) is 12.1 Å². The standard InChI is InChI=1S/C7H4BrClF3NO3S/c8-3-1-4(13)6(16-7(10,11)12)5(2-3)17(9,14)15/h1-2H,13H2. The highest BCUT2D eigenvalue weighted by molar-refractivity contribution is 9.10. The molecule has 0 radical (unpaired) electrons. The van der Waals surface area contributed by atoms with Gasteiger partial charge in [0.2, 0.25) is 0 Å². The first-order chi connectivity index (χ1) is 7.50. The van der Waals surface area contributed by atoms with Gasteiger partial charge >= 0.3 is 6.36 Å². The van der Waals surface area contributed by atoms with Crippen molar-refractivity contribution in [1.82, 2.24) is 0 Å². The van der Waals surface area contributed by atoms with E-state index in [2.05, 4.69) is 20.7 Å². The number of anilines is 1. The molecule has 10 heteroatoms. The van der Waals surface area contributed by atoms with Gasteiger partial charge in [-0.3, -0.25) is 0 Å². The maximum atomic E-state index is 12.1. The molecule has 0 atom stereocenters. The van der Waals surface area contributed by atoms with Crippen molar-refractivity contribution in [1.29, 1.82) is 0 Å². The van der Waals surface area contributed by atoms with Gasteiger partial charge in [0, 0.05) is 15.2 Å². The summed E-state index contributed by atoms with van der Waals surface area (Å²) in [4.78, 5) is -0.858. The van der Waals surface area contributed by atoms with E-state index in [1.165, 1.54) is 0 Å². The number of hydrogen-bond donors (Lipinski definition) is 1. The summed E-state index contributed by atoms with van der Waals surface area (Å²) in [6, 6.07) is 1.92. The Bertz CT molecular complexity index is 546. The molecule has 0 unspecified atom stereocenters. The lowest BCUT2D eigenvalue weighted by Gasteiger charge is -2.14. The normalized spacial score (nSPS) is 12.5. The minimum Gasteiger partial charge on any atom is -0.402 e. The quantitative estimate of drug-likeness (QED) is 0.655. The van der Waals surface area contributed by atoms with Crippen LogP contribution in [0.1, 0.15) is 0 Å². The molecule has 1 aromatic rings. The Balaban J connectivity index is 3.47. The Morgan fingerprint density at radius 3 is 2.29 bits per heavy atom. The lowest BCUT2D eigenvalue weighted by atomic mass is 10.3. The number of ether oxygens (including phenoxy) is 1. The number of rotatable bonds is 2. The van der Waals surface area contributed by atoms with E-state index in [1.807, 2.05) is 0 Å². The van der Waals surface area contributed by atoms with Gasteiger partial charge in [-0.25, -0.2) is 8.42 Å². The number of halogens is 5. The van der Waals surface area contributed by atoms with Crippen LogP contribution < -0.4 is 10.5 Å². The molecule has 0 amide bonds. The zero-order chi connectivity index (χ0) is 13.4. The number of nitrogen functional groups attached to an aromatic ring is 1. The molecule has 0 spiro atoms. The van der Waals surface area contributed by atoms with Gasteiger partial charge < -0.3 is 10.5 Å². The molecule has 4 nitrogen and oxygen atoms in total. The summed E-state index contributed by atoms with van der Waals surface area (Å²) in [5.74, 6) is -1.05. The predicted octanol–water partition coefficient (Wildman–Crippen LogP) is 2.86. The Labute approximate surface area is 107 Å². The summed E-state index contributed by atoms with van der Waals surface area (Å²) in [7, 11) is 0.571. The fourth-order valence-electron chi connectivity index (χ4n) is 0.995. The van der Waals surface area contributed by atoms with Crippen molar-refractivity contribution in [3.05, 3.63) is 16.6 Å². The van der Waals surface area contributed by atoms with Crippen LogP contribution in [0.5, 0.6) is 5.75 Å². The van der Waals surface area contributed by atoms with Crippen LogP contribution in [0.4, 0.5) is 18.9 Å². The van der Waals surface area contributed by atoms with E-state index in [0.29, 0.717) is 0 Å². The van der Waals surface area contributed by atoms with Gasteiger partial charge in [0.1, 0.15) is 4.90 Å². The predicted molar refractivity (Wildman–Crippen MR) is 58.3 cm³/mol. The molecule has 96 valence electrons. The highest BCUT2D eigenvalue weighted by Gasteiger charge is 2.35. The minimum absolute atomic E-state index is 0.156. The van der Waals surface area contributed by atoms with Crippen molar-refractivity contribution in [2.24, 2.45) is 0 Å². The van der Waals surface area contributed by atoms with Crippen LogP contribution in [0.3, 0.4) is 0 Å². The van der Waals surface area contributed by atoms with Crippen LogP contribution in [0.25, 0.3) is 0 Å². The lowest BCUT2D eigenvalue weighted by molar-refractivity contribution is -0.275. The van der Waals surface area contributed by atoms with Crippen LogP contribution in [0, 0.1) is 0 Å². The molecule has 0 aromatic heterocycles. The van der Waals surface area contributed by atoms with Gasteiger partial charge in [-0.2, -0.15) is 0 Å². The van der Waals surface area contributed by atoms with Crippen molar-refractivity contribution >= 4 is 41.4 Å². The highest BCUT2D eigenvalue weighted by atomic mass is 79.9. The molecule has 1 rings (SSSR count). The van der Waals surface area contributed by atoms with E-state index >= 15 is 0 Å². The second-order valence-electron chi connectivity index (χ2n) is 2.81. The Morgan fingerprint density at radius 1 is 1.35 bits per heavy atom. The van der Waals surface area contributed by atoms with E-state index < -0.39 is 31.7 Å². The molecule has 17 heavy (non-hydrogen) atoms. The van der Waals surface area contributed by atoms with E-state index in [-0.39, 0.29) is 4.47 Å². The Hall–Kier alpha value is -0.670.